The van der Waals surface area contributed by atoms with Gasteiger partial charge in [0.15, 0.2) is 0 Å². The van der Waals surface area contributed by atoms with Crippen molar-refractivity contribution in [1.29, 1.82) is 0 Å². The minimum atomic E-state index is 0.645. The highest BCUT2D eigenvalue weighted by molar-refractivity contribution is 7.99. The van der Waals surface area contributed by atoms with E-state index < -0.39 is 0 Å². The van der Waals surface area contributed by atoms with Gasteiger partial charge in [-0.15, -0.1) is 0 Å². The molecule has 3 heteroatoms. The molecular weight excluding hydrogens is 194 g/mol. The first-order valence-corrected chi connectivity index (χ1v) is 6.35. The van der Waals surface area contributed by atoms with Crippen molar-refractivity contribution in [3.8, 4) is 0 Å². The van der Waals surface area contributed by atoms with Gasteiger partial charge in [0.25, 0.3) is 0 Å². The second-order valence-corrected chi connectivity index (χ2v) is 4.13. The second-order valence-electron chi connectivity index (χ2n) is 2.99. The number of ether oxygens (including phenoxy) is 1. The maximum absolute atomic E-state index is 5.27. The van der Waals surface area contributed by atoms with Crippen LogP contribution in [0.15, 0.2) is 16.8 Å². The van der Waals surface area contributed by atoms with E-state index in [0.29, 0.717) is 5.25 Å². The Balaban J connectivity index is 3.76. The van der Waals surface area contributed by atoms with E-state index in [-0.39, 0.29) is 0 Å². The van der Waals surface area contributed by atoms with Crippen molar-refractivity contribution in [2.24, 2.45) is 4.99 Å². The number of aliphatic imine (C=N–C) groups is 1. The van der Waals surface area contributed by atoms with E-state index in [4.69, 9.17) is 4.74 Å². The third-order valence-corrected chi connectivity index (χ3v) is 3.03. The van der Waals surface area contributed by atoms with Gasteiger partial charge in [0.2, 0.25) is 0 Å². The van der Waals surface area contributed by atoms with Gasteiger partial charge in [0.05, 0.1) is 18.9 Å². The Bertz CT molecular complexity index is 186. The number of nitrogens with zero attached hydrogens (tertiary/aromatic N) is 1. The van der Waals surface area contributed by atoms with Crippen molar-refractivity contribution >= 4 is 18.0 Å². The van der Waals surface area contributed by atoms with Crippen molar-refractivity contribution in [3.05, 3.63) is 11.8 Å². The molecule has 0 amide bonds. The van der Waals surface area contributed by atoms with Gasteiger partial charge in [-0.3, -0.25) is 4.99 Å². The number of hydrogen-bond donors (Lipinski definition) is 0. The van der Waals surface area contributed by atoms with Crippen LogP contribution in [-0.2, 0) is 4.74 Å². The highest BCUT2D eigenvalue weighted by atomic mass is 32.2. The minimum Gasteiger partial charge on any atom is -0.498 e. The quantitative estimate of drug-likeness (QED) is 0.480. The predicted octanol–water partition coefficient (Wildman–Crippen LogP) is 3.14. The molecule has 0 rings (SSSR count). The highest BCUT2D eigenvalue weighted by Gasteiger charge is 1.99. The summed E-state index contributed by atoms with van der Waals surface area (Å²) >= 11 is 1.87. The molecule has 0 aromatic heterocycles. The van der Waals surface area contributed by atoms with E-state index in [1.165, 1.54) is 6.42 Å². The van der Waals surface area contributed by atoms with Gasteiger partial charge < -0.3 is 4.74 Å². The van der Waals surface area contributed by atoms with Crippen LogP contribution in [-0.4, -0.2) is 30.9 Å². The zero-order chi connectivity index (χ0) is 10.8. The molecule has 0 fully saturated rings. The van der Waals surface area contributed by atoms with E-state index in [9.17, 15) is 0 Å². The Morgan fingerprint density at radius 3 is 2.71 bits per heavy atom. The van der Waals surface area contributed by atoms with Gasteiger partial charge in [-0.05, 0) is 32.6 Å². The number of allylic oxidation sites excluding steroid dienone is 2. The SMILES string of the molecule is CCO/C(C)=C/C=N\CC(CC)SC. The summed E-state index contributed by atoms with van der Waals surface area (Å²) < 4.78 is 5.27. The first-order chi connectivity index (χ1) is 6.74. The monoisotopic (exact) mass is 215 g/mol. The van der Waals surface area contributed by atoms with Crippen LogP contribution >= 0.6 is 11.8 Å². The van der Waals surface area contributed by atoms with Crippen LogP contribution in [0.4, 0.5) is 0 Å². The molecule has 0 N–H and O–H groups in total. The fourth-order valence-corrected chi connectivity index (χ4v) is 1.55. The molecule has 0 spiro atoms. The molecule has 0 heterocycles. The highest BCUT2D eigenvalue weighted by Crippen LogP contribution is 2.09. The van der Waals surface area contributed by atoms with Gasteiger partial charge >= 0.3 is 0 Å². The van der Waals surface area contributed by atoms with E-state index in [1.54, 1.807) is 0 Å². The minimum absolute atomic E-state index is 0.645. The molecule has 1 atom stereocenters. The molecule has 0 aromatic carbocycles. The summed E-state index contributed by atoms with van der Waals surface area (Å²) in [6.45, 7) is 7.74. The van der Waals surface area contributed by atoms with Crippen LogP contribution in [0.3, 0.4) is 0 Å². The fourth-order valence-electron chi connectivity index (χ4n) is 0.982. The van der Waals surface area contributed by atoms with Crippen molar-refractivity contribution in [1.82, 2.24) is 0 Å². The molecule has 0 saturated heterocycles. The molecule has 0 aliphatic heterocycles. The molecular formula is C11H21NOS. The topological polar surface area (TPSA) is 21.6 Å². The summed E-state index contributed by atoms with van der Waals surface area (Å²) in [6, 6.07) is 0. The molecule has 14 heavy (non-hydrogen) atoms. The third kappa shape index (κ3) is 7.01. The normalized spacial score (nSPS) is 14.7. The lowest BCUT2D eigenvalue weighted by Gasteiger charge is -2.06. The number of rotatable bonds is 7. The Kier molecular flexibility index (Phi) is 8.84. The standard InChI is InChI=1S/C11H21NOS/c1-5-11(14-4)9-12-8-7-10(3)13-6-2/h7-8,11H,5-6,9H2,1-4H3/b10-7+,12-8-. The van der Waals surface area contributed by atoms with Crippen molar-refractivity contribution in [3.63, 3.8) is 0 Å². The summed E-state index contributed by atoms with van der Waals surface area (Å²) in [5, 5.41) is 0.645. The second kappa shape index (κ2) is 9.13. The smallest absolute Gasteiger partial charge is 0.0943 e. The molecule has 0 aliphatic rings. The Labute approximate surface area is 91.8 Å². The van der Waals surface area contributed by atoms with Gasteiger partial charge in [0, 0.05) is 11.5 Å². The average Bonchev–Trinajstić information content (AvgIpc) is 2.19. The summed E-state index contributed by atoms with van der Waals surface area (Å²) in [5.74, 6) is 0.924. The number of hydrogen-bond acceptors (Lipinski definition) is 3. The van der Waals surface area contributed by atoms with Crippen LogP contribution in [0.1, 0.15) is 27.2 Å². The molecule has 82 valence electrons. The van der Waals surface area contributed by atoms with Gasteiger partial charge in [-0.2, -0.15) is 11.8 Å². The molecule has 0 aromatic rings. The maximum Gasteiger partial charge on any atom is 0.0943 e. The lowest BCUT2D eigenvalue weighted by atomic mass is 10.3. The van der Waals surface area contributed by atoms with Gasteiger partial charge in [-0.1, -0.05) is 6.92 Å². The summed E-state index contributed by atoms with van der Waals surface area (Å²) in [7, 11) is 0. The number of thioether (sulfide) groups is 1. The summed E-state index contributed by atoms with van der Waals surface area (Å²) in [4.78, 5) is 4.33. The Hall–Kier alpha value is -0.440. The molecule has 0 aliphatic carbocycles. The fraction of sp³-hybridized carbons (Fsp3) is 0.727. The lowest BCUT2D eigenvalue weighted by molar-refractivity contribution is 0.232. The van der Waals surface area contributed by atoms with Crippen LogP contribution in [0, 0.1) is 0 Å². The first-order valence-electron chi connectivity index (χ1n) is 5.06. The predicted molar refractivity (Wildman–Crippen MR) is 66.3 cm³/mol. The molecule has 2 nitrogen and oxygen atoms in total. The van der Waals surface area contributed by atoms with E-state index >= 15 is 0 Å². The van der Waals surface area contributed by atoms with Crippen LogP contribution < -0.4 is 0 Å². The van der Waals surface area contributed by atoms with E-state index in [0.717, 1.165) is 18.9 Å². The van der Waals surface area contributed by atoms with Crippen LogP contribution in [0.5, 0.6) is 0 Å². The molecule has 0 saturated carbocycles. The molecule has 1 unspecified atom stereocenters. The van der Waals surface area contributed by atoms with Crippen LogP contribution in [0.2, 0.25) is 0 Å². The van der Waals surface area contributed by atoms with Gasteiger partial charge in [0.1, 0.15) is 0 Å². The third-order valence-electron chi connectivity index (χ3n) is 1.88. The van der Waals surface area contributed by atoms with Crippen molar-refractivity contribution < 1.29 is 4.74 Å². The average molecular weight is 215 g/mol. The zero-order valence-corrected chi connectivity index (χ0v) is 10.4. The Morgan fingerprint density at radius 2 is 2.21 bits per heavy atom. The largest absolute Gasteiger partial charge is 0.498 e. The maximum atomic E-state index is 5.27. The van der Waals surface area contributed by atoms with Crippen molar-refractivity contribution in [2.75, 3.05) is 19.4 Å². The molecule has 0 radical (unpaired) electrons. The van der Waals surface area contributed by atoms with Gasteiger partial charge in [-0.25, -0.2) is 0 Å². The van der Waals surface area contributed by atoms with E-state index in [1.807, 2.05) is 37.9 Å². The first kappa shape index (κ1) is 13.6. The Morgan fingerprint density at radius 1 is 1.50 bits per heavy atom. The van der Waals surface area contributed by atoms with E-state index in [2.05, 4.69) is 18.2 Å². The summed E-state index contributed by atoms with van der Waals surface area (Å²) in [6.07, 6.45) is 7.05. The van der Waals surface area contributed by atoms with Crippen LogP contribution in [0.25, 0.3) is 0 Å². The van der Waals surface area contributed by atoms with Crippen molar-refractivity contribution in [2.45, 2.75) is 32.4 Å². The molecule has 0 bridgehead atoms. The summed E-state index contributed by atoms with van der Waals surface area (Å²) in [5.41, 5.74) is 0. The zero-order valence-electron chi connectivity index (χ0n) is 9.62. The lowest BCUT2D eigenvalue weighted by Crippen LogP contribution is -2.04.